The van der Waals surface area contributed by atoms with Gasteiger partial charge in [-0.1, -0.05) is 19.3 Å². The van der Waals surface area contributed by atoms with Crippen LogP contribution in [0.4, 0.5) is 0 Å². The fourth-order valence-electron chi connectivity index (χ4n) is 4.37. The first-order valence-corrected chi connectivity index (χ1v) is 10.8. The second-order valence-electron chi connectivity index (χ2n) is 9.04. The minimum Gasteiger partial charge on any atom is -0.508 e. The van der Waals surface area contributed by atoms with Gasteiger partial charge in [-0.2, -0.15) is 0 Å². The summed E-state index contributed by atoms with van der Waals surface area (Å²) in [7, 11) is 0. The Labute approximate surface area is 171 Å². The third kappa shape index (κ3) is 5.22. The molecular formula is C23H32O6. The van der Waals surface area contributed by atoms with E-state index in [1.165, 1.54) is 6.07 Å². The summed E-state index contributed by atoms with van der Waals surface area (Å²) < 4.78 is 0. The van der Waals surface area contributed by atoms with Crippen LogP contribution >= 0.6 is 0 Å². The third-order valence-corrected chi connectivity index (χ3v) is 6.85. The molecule has 29 heavy (non-hydrogen) atoms. The van der Waals surface area contributed by atoms with Crippen LogP contribution in [0.2, 0.25) is 0 Å². The molecule has 0 atom stereocenters. The predicted molar refractivity (Wildman–Crippen MR) is 108 cm³/mol. The highest BCUT2D eigenvalue weighted by Crippen LogP contribution is 2.51. The summed E-state index contributed by atoms with van der Waals surface area (Å²) >= 11 is 0. The highest BCUT2D eigenvalue weighted by molar-refractivity contribution is 5.78. The molecule has 0 aliphatic heterocycles. The van der Waals surface area contributed by atoms with E-state index in [0.717, 1.165) is 81.8 Å². The van der Waals surface area contributed by atoms with Crippen LogP contribution in [0.5, 0.6) is 11.5 Å². The van der Waals surface area contributed by atoms with E-state index in [0.29, 0.717) is 12.8 Å². The predicted octanol–water partition coefficient (Wildman–Crippen LogP) is 4.64. The Morgan fingerprint density at radius 1 is 0.759 bits per heavy atom. The van der Waals surface area contributed by atoms with Crippen molar-refractivity contribution in [2.24, 2.45) is 10.8 Å². The van der Waals surface area contributed by atoms with Gasteiger partial charge >= 0.3 is 11.9 Å². The quantitative estimate of drug-likeness (QED) is 0.356. The standard InChI is InChI=1S/C23H32O6/c24-17-14-16(6-2-1-4-8-22(10-11-22)20(26)27)18(19(25)15-17)7-3-5-9-23(12-13-23)21(28)29/h14-15,24-25H,1-13H2,(H,26,27)(H,28,29). The maximum absolute atomic E-state index is 11.3. The normalized spacial score (nSPS) is 18.3. The number of aromatic hydroxyl groups is 2. The molecule has 2 fully saturated rings. The zero-order valence-electron chi connectivity index (χ0n) is 17.0. The Bertz CT molecular complexity index is 761. The van der Waals surface area contributed by atoms with Crippen molar-refractivity contribution in [2.45, 2.75) is 83.5 Å². The zero-order chi connectivity index (χ0) is 21.1. The maximum Gasteiger partial charge on any atom is 0.309 e. The highest BCUT2D eigenvalue weighted by Gasteiger charge is 2.49. The molecule has 0 bridgehead atoms. The average Bonchev–Trinajstić information content (AvgIpc) is 3.55. The summed E-state index contributed by atoms with van der Waals surface area (Å²) in [5.41, 5.74) is 0.797. The van der Waals surface area contributed by atoms with E-state index in [9.17, 15) is 30.0 Å². The van der Waals surface area contributed by atoms with Crippen LogP contribution in [-0.4, -0.2) is 32.4 Å². The van der Waals surface area contributed by atoms with Crippen molar-refractivity contribution in [1.29, 1.82) is 0 Å². The van der Waals surface area contributed by atoms with Crippen LogP contribution in [0.25, 0.3) is 0 Å². The van der Waals surface area contributed by atoms with Gasteiger partial charge in [-0.3, -0.25) is 9.59 Å². The lowest BCUT2D eigenvalue weighted by atomic mass is 9.92. The first kappa shape index (κ1) is 21.5. The van der Waals surface area contributed by atoms with E-state index < -0.39 is 22.8 Å². The minimum absolute atomic E-state index is 0.0480. The molecule has 1 aromatic rings. The zero-order valence-corrected chi connectivity index (χ0v) is 17.0. The molecule has 0 heterocycles. The molecule has 2 saturated carbocycles. The summed E-state index contributed by atoms with van der Waals surface area (Å²) in [4.78, 5) is 22.5. The number of aliphatic carboxylic acids is 2. The first-order valence-electron chi connectivity index (χ1n) is 10.8. The molecule has 0 radical (unpaired) electrons. The van der Waals surface area contributed by atoms with Crippen molar-refractivity contribution in [3.8, 4) is 11.5 Å². The molecule has 0 unspecified atom stereocenters. The third-order valence-electron chi connectivity index (χ3n) is 6.85. The number of benzene rings is 1. The van der Waals surface area contributed by atoms with E-state index in [1.807, 2.05) is 0 Å². The molecule has 0 aromatic heterocycles. The lowest BCUT2D eigenvalue weighted by molar-refractivity contribution is -0.144. The molecule has 6 heteroatoms. The maximum atomic E-state index is 11.3. The fourth-order valence-corrected chi connectivity index (χ4v) is 4.37. The van der Waals surface area contributed by atoms with Crippen LogP contribution in [-0.2, 0) is 22.4 Å². The molecule has 2 aliphatic carbocycles. The van der Waals surface area contributed by atoms with Gasteiger partial charge in [-0.25, -0.2) is 0 Å². The van der Waals surface area contributed by atoms with Gasteiger partial charge in [0.2, 0.25) is 0 Å². The van der Waals surface area contributed by atoms with Crippen LogP contribution in [0.15, 0.2) is 12.1 Å². The molecule has 3 rings (SSSR count). The van der Waals surface area contributed by atoms with Crippen molar-refractivity contribution in [2.75, 3.05) is 0 Å². The first-order chi connectivity index (χ1) is 13.8. The second-order valence-corrected chi connectivity index (χ2v) is 9.04. The van der Waals surface area contributed by atoms with Crippen molar-refractivity contribution in [1.82, 2.24) is 0 Å². The van der Waals surface area contributed by atoms with Crippen molar-refractivity contribution in [3.63, 3.8) is 0 Å². The Morgan fingerprint density at radius 2 is 1.28 bits per heavy atom. The number of phenols is 2. The molecule has 1 aromatic carbocycles. The summed E-state index contributed by atoms with van der Waals surface area (Å²) in [5.74, 6) is -1.22. The number of aryl methyl sites for hydroxylation is 1. The minimum atomic E-state index is -0.693. The summed E-state index contributed by atoms with van der Waals surface area (Å²) in [6, 6.07) is 3.07. The van der Waals surface area contributed by atoms with Crippen LogP contribution < -0.4 is 0 Å². The number of carboxylic acids is 2. The van der Waals surface area contributed by atoms with Crippen molar-refractivity contribution in [3.05, 3.63) is 23.3 Å². The average molecular weight is 405 g/mol. The highest BCUT2D eigenvalue weighted by atomic mass is 16.4. The number of carboxylic acid groups (broad SMARTS) is 2. The lowest BCUT2D eigenvalue weighted by Crippen LogP contribution is -2.14. The van der Waals surface area contributed by atoms with E-state index >= 15 is 0 Å². The number of phenolic OH excluding ortho intramolecular Hbond substituents is 2. The molecule has 2 aliphatic rings. The number of rotatable bonds is 13. The van der Waals surface area contributed by atoms with Crippen LogP contribution in [0, 0.1) is 10.8 Å². The Kier molecular flexibility index (Phi) is 6.39. The van der Waals surface area contributed by atoms with Gasteiger partial charge < -0.3 is 20.4 Å². The molecule has 6 nitrogen and oxygen atoms in total. The second kappa shape index (κ2) is 8.64. The van der Waals surface area contributed by atoms with E-state index in [1.54, 1.807) is 6.07 Å². The van der Waals surface area contributed by atoms with Crippen LogP contribution in [0.3, 0.4) is 0 Å². The Balaban J connectivity index is 1.46. The summed E-state index contributed by atoms with van der Waals surface area (Å²) in [5, 5.41) is 38.6. The van der Waals surface area contributed by atoms with E-state index in [2.05, 4.69) is 0 Å². The SMILES string of the molecule is O=C(O)C1(CCCCCc2cc(O)cc(O)c2CCCCC2(C(=O)O)CC2)CC1. The number of hydrogen-bond donors (Lipinski definition) is 4. The van der Waals surface area contributed by atoms with Gasteiger partial charge in [0, 0.05) is 6.07 Å². The molecule has 0 saturated heterocycles. The molecule has 0 spiro atoms. The van der Waals surface area contributed by atoms with E-state index in [-0.39, 0.29) is 11.5 Å². The van der Waals surface area contributed by atoms with Gasteiger partial charge in [0.15, 0.2) is 0 Å². The summed E-state index contributed by atoms with van der Waals surface area (Å²) in [6.07, 6.45) is 10.2. The van der Waals surface area contributed by atoms with Gasteiger partial charge in [0.1, 0.15) is 11.5 Å². The van der Waals surface area contributed by atoms with Gasteiger partial charge in [-0.05, 0) is 81.4 Å². The van der Waals surface area contributed by atoms with Crippen LogP contribution in [0.1, 0.15) is 81.8 Å². The number of unbranched alkanes of at least 4 members (excludes halogenated alkanes) is 3. The molecule has 160 valence electrons. The molecule has 4 N–H and O–H groups in total. The topological polar surface area (TPSA) is 115 Å². The van der Waals surface area contributed by atoms with Gasteiger partial charge in [0.05, 0.1) is 10.8 Å². The van der Waals surface area contributed by atoms with Gasteiger partial charge in [0.25, 0.3) is 0 Å². The fraction of sp³-hybridized carbons (Fsp3) is 0.652. The van der Waals surface area contributed by atoms with E-state index in [4.69, 9.17) is 0 Å². The number of hydrogen-bond acceptors (Lipinski definition) is 4. The van der Waals surface area contributed by atoms with Crippen molar-refractivity contribution < 1.29 is 30.0 Å². The van der Waals surface area contributed by atoms with Crippen molar-refractivity contribution >= 4 is 11.9 Å². The Hall–Kier alpha value is -2.24. The number of carbonyl (C=O) groups is 2. The molecule has 0 amide bonds. The largest absolute Gasteiger partial charge is 0.508 e. The Morgan fingerprint density at radius 3 is 1.79 bits per heavy atom. The molecular weight excluding hydrogens is 372 g/mol. The monoisotopic (exact) mass is 404 g/mol. The van der Waals surface area contributed by atoms with Gasteiger partial charge in [-0.15, -0.1) is 0 Å². The lowest BCUT2D eigenvalue weighted by Gasteiger charge is -2.14. The summed E-state index contributed by atoms with van der Waals surface area (Å²) in [6.45, 7) is 0. The smallest absolute Gasteiger partial charge is 0.309 e.